The van der Waals surface area contributed by atoms with Crippen molar-refractivity contribution in [2.24, 2.45) is 5.84 Å². The van der Waals surface area contributed by atoms with Crippen LogP contribution in [0.25, 0.3) is 0 Å². The molecule has 0 aromatic carbocycles. The maximum atomic E-state index is 10.9. The monoisotopic (exact) mass is 230 g/mol. The predicted molar refractivity (Wildman–Crippen MR) is 48.0 cm³/mol. The second-order valence-electron chi connectivity index (χ2n) is 2.06. The zero-order chi connectivity index (χ0) is 9.14. The van der Waals surface area contributed by atoms with Crippen molar-refractivity contribution >= 4 is 27.7 Å². The molecule has 1 heterocycles. The molecule has 1 aromatic heterocycles. The van der Waals surface area contributed by atoms with Gasteiger partial charge in [0, 0.05) is 6.20 Å². The fraction of sp³-hybridized carbons (Fsp3) is 0. The molecule has 0 saturated carbocycles. The molecule has 0 atom stereocenters. The summed E-state index contributed by atoms with van der Waals surface area (Å²) in [7, 11) is 0. The molecule has 0 fully saturated rings. The minimum Gasteiger partial charge on any atom is -0.383 e. The Labute approximate surface area is 77.2 Å². The number of hydrogen-bond donors (Lipinski definition) is 3. The van der Waals surface area contributed by atoms with Crippen molar-refractivity contribution < 1.29 is 4.79 Å². The third kappa shape index (κ3) is 1.72. The first-order chi connectivity index (χ1) is 5.65. The standard InChI is InChI=1S/C6H7BrN4O/c7-4-1-3(6(12)11-9)2-10-5(4)8/h1-2H,9H2,(H2,8,10)(H,11,12). The molecule has 0 aliphatic carbocycles. The molecule has 1 aromatic rings. The zero-order valence-electron chi connectivity index (χ0n) is 6.04. The highest BCUT2D eigenvalue weighted by Crippen LogP contribution is 2.17. The quantitative estimate of drug-likeness (QED) is 0.361. The molecule has 1 rings (SSSR count). The number of anilines is 1. The second kappa shape index (κ2) is 3.51. The van der Waals surface area contributed by atoms with E-state index in [0.717, 1.165) is 0 Å². The molecule has 64 valence electrons. The van der Waals surface area contributed by atoms with Crippen LogP contribution in [0.2, 0.25) is 0 Å². The Bertz CT molecular complexity index is 314. The van der Waals surface area contributed by atoms with Gasteiger partial charge in [0.2, 0.25) is 0 Å². The molecular formula is C6H7BrN4O. The van der Waals surface area contributed by atoms with Crippen LogP contribution >= 0.6 is 15.9 Å². The van der Waals surface area contributed by atoms with Crippen molar-refractivity contribution in [1.82, 2.24) is 10.4 Å². The topological polar surface area (TPSA) is 94.0 Å². The molecule has 0 spiro atoms. The Kier molecular flexibility index (Phi) is 2.61. The van der Waals surface area contributed by atoms with E-state index in [1.807, 2.05) is 5.43 Å². The van der Waals surface area contributed by atoms with Gasteiger partial charge in [-0.1, -0.05) is 0 Å². The molecule has 0 aliphatic heterocycles. The first-order valence-corrected chi connectivity index (χ1v) is 3.86. The van der Waals surface area contributed by atoms with Gasteiger partial charge in [0.05, 0.1) is 10.0 Å². The number of pyridine rings is 1. The average Bonchev–Trinajstić information content (AvgIpc) is 2.08. The van der Waals surface area contributed by atoms with Gasteiger partial charge in [-0.25, -0.2) is 10.8 Å². The molecule has 0 aliphatic rings. The van der Waals surface area contributed by atoms with Gasteiger partial charge in [-0.2, -0.15) is 0 Å². The van der Waals surface area contributed by atoms with E-state index < -0.39 is 5.91 Å². The molecule has 5 N–H and O–H groups in total. The maximum absolute atomic E-state index is 10.9. The lowest BCUT2D eigenvalue weighted by atomic mass is 10.3. The zero-order valence-corrected chi connectivity index (χ0v) is 7.63. The minimum absolute atomic E-state index is 0.337. The number of nitrogens with zero attached hydrogens (tertiary/aromatic N) is 1. The van der Waals surface area contributed by atoms with E-state index in [-0.39, 0.29) is 0 Å². The Hall–Kier alpha value is -1.14. The Morgan fingerprint density at radius 3 is 2.83 bits per heavy atom. The summed E-state index contributed by atoms with van der Waals surface area (Å²) in [6, 6.07) is 1.55. The summed E-state index contributed by atoms with van der Waals surface area (Å²) in [5.41, 5.74) is 7.76. The van der Waals surface area contributed by atoms with E-state index in [1.165, 1.54) is 6.20 Å². The molecule has 0 radical (unpaired) electrons. The van der Waals surface area contributed by atoms with E-state index in [2.05, 4.69) is 20.9 Å². The molecule has 6 heteroatoms. The number of hydrazine groups is 1. The van der Waals surface area contributed by atoms with Gasteiger partial charge in [0.1, 0.15) is 5.82 Å². The highest BCUT2D eigenvalue weighted by atomic mass is 79.9. The van der Waals surface area contributed by atoms with Crippen molar-refractivity contribution in [1.29, 1.82) is 0 Å². The first kappa shape index (κ1) is 8.95. The highest BCUT2D eigenvalue weighted by molar-refractivity contribution is 9.10. The molecule has 5 nitrogen and oxygen atoms in total. The maximum Gasteiger partial charge on any atom is 0.266 e. The number of nitrogen functional groups attached to an aromatic ring is 2. The molecule has 1 amide bonds. The lowest BCUT2D eigenvalue weighted by Crippen LogP contribution is -2.30. The number of carbonyl (C=O) groups excluding carboxylic acids is 1. The van der Waals surface area contributed by atoms with Gasteiger partial charge in [0.25, 0.3) is 5.91 Å². The van der Waals surface area contributed by atoms with Crippen LogP contribution in [0.4, 0.5) is 5.82 Å². The van der Waals surface area contributed by atoms with E-state index in [9.17, 15) is 4.79 Å². The SMILES string of the molecule is NNC(=O)c1cnc(N)c(Br)c1. The van der Waals surface area contributed by atoms with Crippen molar-refractivity contribution in [2.75, 3.05) is 5.73 Å². The third-order valence-corrected chi connectivity index (χ3v) is 1.90. The molecule has 12 heavy (non-hydrogen) atoms. The van der Waals surface area contributed by atoms with Gasteiger partial charge >= 0.3 is 0 Å². The van der Waals surface area contributed by atoms with Gasteiger partial charge in [-0.15, -0.1) is 0 Å². The van der Waals surface area contributed by atoms with Crippen LogP contribution in [0.1, 0.15) is 10.4 Å². The lowest BCUT2D eigenvalue weighted by molar-refractivity contribution is 0.0953. The molecular weight excluding hydrogens is 224 g/mol. The number of carbonyl (C=O) groups is 1. The molecule has 0 saturated heterocycles. The van der Waals surface area contributed by atoms with Crippen LogP contribution in [0, 0.1) is 0 Å². The van der Waals surface area contributed by atoms with E-state index in [4.69, 9.17) is 11.6 Å². The van der Waals surface area contributed by atoms with Gasteiger partial charge in [-0.3, -0.25) is 10.2 Å². The van der Waals surface area contributed by atoms with Crippen LogP contribution in [0.3, 0.4) is 0 Å². The number of halogens is 1. The summed E-state index contributed by atoms with van der Waals surface area (Å²) >= 11 is 3.14. The van der Waals surface area contributed by atoms with Crippen LogP contribution in [0.15, 0.2) is 16.7 Å². The largest absolute Gasteiger partial charge is 0.383 e. The Morgan fingerprint density at radius 2 is 2.33 bits per heavy atom. The first-order valence-electron chi connectivity index (χ1n) is 3.07. The van der Waals surface area contributed by atoms with E-state index in [1.54, 1.807) is 6.07 Å². The second-order valence-corrected chi connectivity index (χ2v) is 2.92. The summed E-state index contributed by atoms with van der Waals surface area (Å²) in [5, 5.41) is 0. The number of aromatic nitrogens is 1. The highest BCUT2D eigenvalue weighted by Gasteiger charge is 2.05. The van der Waals surface area contributed by atoms with E-state index >= 15 is 0 Å². The fourth-order valence-electron chi connectivity index (χ4n) is 0.656. The van der Waals surface area contributed by atoms with Gasteiger partial charge < -0.3 is 5.73 Å². The summed E-state index contributed by atoms with van der Waals surface area (Å²) < 4.78 is 0.573. The number of nitrogens with two attached hydrogens (primary N) is 2. The van der Waals surface area contributed by atoms with Crippen LogP contribution in [-0.2, 0) is 0 Å². The normalized spacial score (nSPS) is 9.50. The summed E-state index contributed by atoms with van der Waals surface area (Å²) in [6.07, 6.45) is 1.35. The molecule has 0 unspecified atom stereocenters. The number of nitrogens with one attached hydrogen (secondary N) is 1. The minimum atomic E-state index is -0.400. The summed E-state index contributed by atoms with van der Waals surface area (Å²) in [6.45, 7) is 0. The van der Waals surface area contributed by atoms with Crippen molar-refractivity contribution in [3.8, 4) is 0 Å². The number of hydrogen-bond acceptors (Lipinski definition) is 4. The van der Waals surface area contributed by atoms with Crippen LogP contribution in [-0.4, -0.2) is 10.9 Å². The van der Waals surface area contributed by atoms with Gasteiger partial charge in [-0.05, 0) is 22.0 Å². The lowest BCUT2D eigenvalue weighted by Gasteiger charge is -2.00. The van der Waals surface area contributed by atoms with Crippen LogP contribution < -0.4 is 17.0 Å². The smallest absolute Gasteiger partial charge is 0.266 e. The average molecular weight is 231 g/mol. The molecule has 0 bridgehead atoms. The van der Waals surface area contributed by atoms with Crippen molar-refractivity contribution in [3.05, 3.63) is 22.3 Å². The summed E-state index contributed by atoms with van der Waals surface area (Å²) in [5.74, 6) is 4.86. The number of rotatable bonds is 1. The Morgan fingerprint density at radius 1 is 1.67 bits per heavy atom. The van der Waals surface area contributed by atoms with Gasteiger partial charge in [0.15, 0.2) is 0 Å². The Balaban J connectivity index is 3.05. The van der Waals surface area contributed by atoms with Crippen molar-refractivity contribution in [2.45, 2.75) is 0 Å². The fourth-order valence-corrected chi connectivity index (χ4v) is 1.00. The summed E-state index contributed by atoms with van der Waals surface area (Å²) in [4.78, 5) is 14.7. The third-order valence-electron chi connectivity index (χ3n) is 1.26. The van der Waals surface area contributed by atoms with Crippen molar-refractivity contribution in [3.63, 3.8) is 0 Å². The van der Waals surface area contributed by atoms with E-state index in [0.29, 0.717) is 15.9 Å². The van der Waals surface area contributed by atoms with Crippen LogP contribution in [0.5, 0.6) is 0 Å². The number of amides is 1. The predicted octanol–water partition coefficient (Wildman–Crippen LogP) is 0.0298.